The van der Waals surface area contributed by atoms with E-state index in [-0.39, 0.29) is 0 Å². The SMILES string of the molecule is CCCNC(CCN(C)CCOC)c1ccc(Br)cc1. The standard InChI is InChI=1S/C16H27BrN2O/c1-4-10-18-16(9-11-19(2)12-13-20-3)14-5-7-15(17)8-6-14/h5-8,16,18H,4,9-13H2,1-3H3. The molecule has 1 rings (SSSR count). The molecule has 20 heavy (non-hydrogen) atoms. The number of likely N-dealkylation sites (N-methyl/N-ethyl adjacent to an activating group) is 1. The molecule has 1 aromatic carbocycles. The Bertz CT molecular complexity index is 356. The van der Waals surface area contributed by atoms with E-state index in [1.165, 1.54) is 5.56 Å². The Morgan fingerprint density at radius 3 is 2.55 bits per heavy atom. The Morgan fingerprint density at radius 2 is 1.95 bits per heavy atom. The number of benzene rings is 1. The summed E-state index contributed by atoms with van der Waals surface area (Å²) in [6, 6.07) is 9.06. The lowest BCUT2D eigenvalue weighted by Gasteiger charge is -2.23. The Balaban J connectivity index is 2.53. The van der Waals surface area contributed by atoms with Gasteiger partial charge in [-0.3, -0.25) is 0 Å². The van der Waals surface area contributed by atoms with Gasteiger partial charge in [0, 0.05) is 24.2 Å². The summed E-state index contributed by atoms with van der Waals surface area (Å²) in [5.41, 5.74) is 1.36. The van der Waals surface area contributed by atoms with Crippen molar-refractivity contribution in [2.45, 2.75) is 25.8 Å². The predicted octanol–water partition coefficient (Wildman–Crippen LogP) is 3.46. The average molecular weight is 343 g/mol. The van der Waals surface area contributed by atoms with Crippen LogP contribution in [0.2, 0.25) is 0 Å². The van der Waals surface area contributed by atoms with Crippen LogP contribution in [0.15, 0.2) is 28.7 Å². The van der Waals surface area contributed by atoms with Crippen LogP contribution >= 0.6 is 15.9 Å². The maximum Gasteiger partial charge on any atom is 0.0589 e. The largest absolute Gasteiger partial charge is 0.383 e. The number of hydrogen-bond acceptors (Lipinski definition) is 3. The van der Waals surface area contributed by atoms with E-state index in [2.05, 4.69) is 64.4 Å². The van der Waals surface area contributed by atoms with Crippen molar-refractivity contribution in [3.05, 3.63) is 34.3 Å². The van der Waals surface area contributed by atoms with E-state index in [9.17, 15) is 0 Å². The summed E-state index contributed by atoms with van der Waals surface area (Å²) >= 11 is 3.50. The van der Waals surface area contributed by atoms with Gasteiger partial charge in [-0.25, -0.2) is 0 Å². The van der Waals surface area contributed by atoms with Crippen molar-refractivity contribution in [1.29, 1.82) is 0 Å². The molecular formula is C16H27BrN2O. The summed E-state index contributed by atoms with van der Waals surface area (Å²) in [6.45, 7) is 6.11. The van der Waals surface area contributed by atoms with Gasteiger partial charge in [0.1, 0.15) is 0 Å². The topological polar surface area (TPSA) is 24.5 Å². The Kier molecular flexibility index (Phi) is 9.10. The molecule has 0 fully saturated rings. The number of halogens is 1. The molecule has 1 N–H and O–H groups in total. The first-order chi connectivity index (χ1) is 9.67. The first-order valence-electron chi connectivity index (χ1n) is 7.33. The van der Waals surface area contributed by atoms with Gasteiger partial charge in [-0.15, -0.1) is 0 Å². The van der Waals surface area contributed by atoms with E-state index >= 15 is 0 Å². The fraction of sp³-hybridized carbons (Fsp3) is 0.625. The van der Waals surface area contributed by atoms with E-state index < -0.39 is 0 Å². The van der Waals surface area contributed by atoms with Gasteiger partial charge in [0.25, 0.3) is 0 Å². The van der Waals surface area contributed by atoms with Gasteiger partial charge < -0.3 is 15.0 Å². The fourth-order valence-electron chi connectivity index (χ4n) is 2.11. The van der Waals surface area contributed by atoms with Crippen LogP contribution in [-0.2, 0) is 4.74 Å². The molecule has 0 amide bonds. The molecule has 0 saturated carbocycles. The lowest BCUT2D eigenvalue weighted by Crippen LogP contribution is -2.29. The molecule has 0 aromatic heterocycles. The van der Waals surface area contributed by atoms with Crippen LogP contribution in [0.5, 0.6) is 0 Å². The Morgan fingerprint density at radius 1 is 1.25 bits per heavy atom. The van der Waals surface area contributed by atoms with Crippen LogP contribution in [0.4, 0.5) is 0 Å². The minimum Gasteiger partial charge on any atom is -0.383 e. The average Bonchev–Trinajstić information content (AvgIpc) is 2.46. The number of nitrogens with one attached hydrogen (secondary N) is 1. The minimum atomic E-state index is 0.424. The zero-order valence-electron chi connectivity index (χ0n) is 12.9. The molecule has 1 atom stereocenters. The van der Waals surface area contributed by atoms with Crippen LogP contribution in [0.3, 0.4) is 0 Å². The molecular weight excluding hydrogens is 316 g/mol. The lowest BCUT2D eigenvalue weighted by molar-refractivity contribution is 0.158. The smallest absolute Gasteiger partial charge is 0.0589 e. The first kappa shape index (κ1) is 17.6. The zero-order valence-corrected chi connectivity index (χ0v) is 14.4. The monoisotopic (exact) mass is 342 g/mol. The van der Waals surface area contributed by atoms with E-state index in [1.807, 2.05) is 0 Å². The summed E-state index contributed by atoms with van der Waals surface area (Å²) in [5, 5.41) is 3.64. The molecule has 0 aliphatic carbocycles. The number of nitrogens with zero attached hydrogens (tertiary/aromatic N) is 1. The van der Waals surface area contributed by atoms with Crippen LogP contribution in [-0.4, -0.2) is 45.3 Å². The maximum atomic E-state index is 5.12. The summed E-state index contributed by atoms with van der Waals surface area (Å²) in [5.74, 6) is 0. The third kappa shape index (κ3) is 6.84. The Labute approximate surface area is 131 Å². The van der Waals surface area contributed by atoms with Crippen molar-refractivity contribution in [3.8, 4) is 0 Å². The highest BCUT2D eigenvalue weighted by Crippen LogP contribution is 2.20. The van der Waals surface area contributed by atoms with Gasteiger partial charge in [0.15, 0.2) is 0 Å². The highest BCUT2D eigenvalue weighted by molar-refractivity contribution is 9.10. The zero-order chi connectivity index (χ0) is 14.8. The van der Waals surface area contributed by atoms with Crippen LogP contribution in [0.1, 0.15) is 31.4 Å². The van der Waals surface area contributed by atoms with Crippen molar-refractivity contribution < 1.29 is 4.74 Å². The van der Waals surface area contributed by atoms with Gasteiger partial charge >= 0.3 is 0 Å². The summed E-state index contributed by atoms with van der Waals surface area (Å²) < 4.78 is 6.25. The third-order valence-corrected chi connectivity index (χ3v) is 3.92. The number of rotatable bonds is 10. The molecule has 0 saturated heterocycles. The molecule has 0 aliphatic heterocycles. The second kappa shape index (κ2) is 10.3. The first-order valence-corrected chi connectivity index (χ1v) is 8.13. The predicted molar refractivity (Wildman–Crippen MR) is 89.2 cm³/mol. The molecule has 4 heteroatoms. The number of hydrogen-bond donors (Lipinski definition) is 1. The van der Waals surface area contributed by atoms with Gasteiger partial charge in [-0.05, 0) is 50.7 Å². The van der Waals surface area contributed by atoms with Crippen molar-refractivity contribution in [3.63, 3.8) is 0 Å². The van der Waals surface area contributed by atoms with Crippen molar-refractivity contribution in [1.82, 2.24) is 10.2 Å². The minimum absolute atomic E-state index is 0.424. The second-order valence-electron chi connectivity index (χ2n) is 5.14. The van der Waals surface area contributed by atoms with Gasteiger partial charge in [0.05, 0.1) is 6.61 Å². The van der Waals surface area contributed by atoms with Crippen LogP contribution < -0.4 is 5.32 Å². The van der Waals surface area contributed by atoms with E-state index in [0.717, 1.165) is 43.6 Å². The fourth-order valence-corrected chi connectivity index (χ4v) is 2.37. The van der Waals surface area contributed by atoms with E-state index in [0.29, 0.717) is 6.04 Å². The third-order valence-electron chi connectivity index (χ3n) is 3.39. The second-order valence-corrected chi connectivity index (χ2v) is 6.06. The highest BCUT2D eigenvalue weighted by Gasteiger charge is 2.11. The maximum absolute atomic E-state index is 5.12. The van der Waals surface area contributed by atoms with Gasteiger partial charge in [-0.1, -0.05) is 35.0 Å². The normalized spacial score (nSPS) is 12.8. The molecule has 1 aromatic rings. The number of ether oxygens (including phenoxy) is 1. The van der Waals surface area contributed by atoms with Crippen LogP contribution in [0.25, 0.3) is 0 Å². The summed E-state index contributed by atoms with van der Waals surface area (Å²) in [6.07, 6.45) is 2.27. The molecule has 0 spiro atoms. The molecule has 3 nitrogen and oxygen atoms in total. The summed E-state index contributed by atoms with van der Waals surface area (Å²) in [7, 11) is 3.90. The molecule has 1 unspecified atom stereocenters. The van der Waals surface area contributed by atoms with Crippen molar-refractivity contribution >= 4 is 15.9 Å². The lowest BCUT2D eigenvalue weighted by atomic mass is 10.0. The van der Waals surface area contributed by atoms with E-state index in [1.54, 1.807) is 7.11 Å². The molecule has 0 bridgehead atoms. The van der Waals surface area contributed by atoms with Crippen molar-refractivity contribution in [2.75, 3.05) is 40.4 Å². The van der Waals surface area contributed by atoms with Gasteiger partial charge in [-0.2, -0.15) is 0 Å². The highest BCUT2D eigenvalue weighted by atomic mass is 79.9. The Hall–Kier alpha value is -0.420. The molecule has 0 radical (unpaired) electrons. The molecule has 0 aliphatic rings. The summed E-state index contributed by atoms with van der Waals surface area (Å²) in [4.78, 5) is 2.32. The van der Waals surface area contributed by atoms with Crippen LogP contribution in [0, 0.1) is 0 Å². The molecule has 114 valence electrons. The van der Waals surface area contributed by atoms with Gasteiger partial charge in [0.2, 0.25) is 0 Å². The van der Waals surface area contributed by atoms with Crippen molar-refractivity contribution in [2.24, 2.45) is 0 Å². The molecule has 0 heterocycles. The quantitative estimate of drug-likeness (QED) is 0.704. The number of methoxy groups -OCH3 is 1. The van der Waals surface area contributed by atoms with E-state index in [4.69, 9.17) is 4.74 Å².